The number of nitrogens with one attached hydrogen (secondary N) is 2. The molecule has 2 rings (SSSR count). The number of hydrogen-bond acceptors (Lipinski definition) is 4. The van der Waals surface area contributed by atoms with Crippen LogP contribution in [0.5, 0.6) is 5.75 Å². The van der Waals surface area contributed by atoms with Gasteiger partial charge in [-0.15, -0.1) is 24.0 Å². The van der Waals surface area contributed by atoms with E-state index >= 15 is 0 Å². The Morgan fingerprint density at radius 3 is 2.61 bits per heavy atom. The summed E-state index contributed by atoms with van der Waals surface area (Å²) >= 11 is 0. The van der Waals surface area contributed by atoms with E-state index in [0.29, 0.717) is 32.0 Å². The standard InChI is InChI=1S/C21H34F3N5O.HI/c1-5-29(6-2)19(16-8-7-9-18(12-16)30-4)13-26-20(25-3)27-17-10-11-28(14-17)15-21(22,23)24;/h7-9,12,17,19H,5-6,10-11,13-15H2,1-4H3,(H2,25,26,27);1H. The summed E-state index contributed by atoms with van der Waals surface area (Å²) in [5, 5.41) is 6.63. The third-order valence-corrected chi connectivity index (χ3v) is 5.43. The minimum absolute atomic E-state index is 0. The van der Waals surface area contributed by atoms with Crippen molar-refractivity contribution in [2.75, 3.05) is 53.4 Å². The molecular weight excluding hydrogens is 522 g/mol. The molecule has 0 bridgehead atoms. The molecule has 6 nitrogen and oxygen atoms in total. The molecule has 2 unspecified atom stereocenters. The highest BCUT2D eigenvalue weighted by atomic mass is 127. The Bertz CT molecular complexity index is 685. The van der Waals surface area contributed by atoms with Crippen molar-refractivity contribution >= 4 is 29.9 Å². The highest BCUT2D eigenvalue weighted by molar-refractivity contribution is 14.0. The number of likely N-dealkylation sites (tertiary alicyclic amines) is 1. The van der Waals surface area contributed by atoms with Gasteiger partial charge in [-0.2, -0.15) is 13.2 Å². The van der Waals surface area contributed by atoms with E-state index in [-0.39, 0.29) is 36.1 Å². The fraction of sp³-hybridized carbons (Fsp3) is 0.667. The molecule has 1 heterocycles. The minimum atomic E-state index is -4.16. The smallest absolute Gasteiger partial charge is 0.401 e. The predicted octanol–water partition coefficient (Wildman–Crippen LogP) is 3.50. The molecule has 1 fully saturated rings. The van der Waals surface area contributed by atoms with Crippen LogP contribution in [0.4, 0.5) is 13.2 Å². The normalized spacial score (nSPS) is 18.6. The van der Waals surface area contributed by atoms with Crippen LogP contribution in [-0.4, -0.2) is 81.4 Å². The van der Waals surface area contributed by atoms with E-state index < -0.39 is 12.7 Å². The van der Waals surface area contributed by atoms with Gasteiger partial charge in [-0.3, -0.25) is 14.8 Å². The van der Waals surface area contributed by atoms with E-state index in [1.807, 2.05) is 18.2 Å². The van der Waals surface area contributed by atoms with Gasteiger partial charge in [0.15, 0.2) is 5.96 Å². The zero-order valence-corrected chi connectivity index (χ0v) is 21.0. The summed E-state index contributed by atoms with van der Waals surface area (Å²) in [6, 6.07) is 8.07. The largest absolute Gasteiger partial charge is 0.497 e. The summed E-state index contributed by atoms with van der Waals surface area (Å²) < 4.78 is 43.2. The quantitative estimate of drug-likeness (QED) is 0.277. The Kier molecular flexibility index (Phi) is 11.9. The Hall–Kier alpha value is -1.27. The van der Waals surface area contributed by atoms with E-state index in [0.717, 1.165) is 24.4 Å². The van der Waals surface area contributed by atoms with E-state index in [1.54, 1.807) is 14.2 Å². The first-order valence-corrected chi connectivity index (χ1v) is 10.4. The average molecular weight is 557 g/mol. The van der Waals surface area contributed by atoms with Crippen LogP contribution in [0.1, 0.15) is 31.9 Å². The minimum Gasteiger partial charge on any atom is -0.497 e. The van der Waals surface area contributed by atoms with Gasteiger partial charge in [0.25, 0.3) is 0 Å². The molecule has 0 aromatic heterocycles. The van der Waals surface area contributed by atoms with Crippen LogP contribution in [0.3, 0.4) is 0 Å². The van der Waals surface area contributed by atoms with Crippen LogP contribution in [0, 0.1) is 0 Å². The second-order valence-electron chi connectivity index (χ2n) is 7.45. The number of halogens is 4. The molecule has 0 amide bonds. The first-order chi connectivity index (χ1) is 14.3. The zero-order valence-electron chi connectivity index (χ0n) is 18.7. The molecule has 2 atom stereocenters. The van der Waals surface area contributed by atoms with Gasteiger partial charge in [-0.25, -0.2) is 0 Å². The maximum absolute atomic E-state index is 12.6. The van der Waals surface area contributed by atoms with Gasteiger partial charge in [0.1, 0.15) is 5.75 Å². The first-order valence-electron chi connectivity index (χ1n) is 10.4. The van der Waals surface area contributed by atoms with Gasteiger partial charge in [0.05, 0.1) is 19.7 Å². The third kappa shape index (κ3) is 9.01. The molecule has 0 spiro atoms. The number of rotatable bonds is 9. The fourth-order valence-corrected chi connectivity index (χ4v) is 3.90. The second-order valence-corrected chi connectivity index (χ2v) is 7.45. The molecule has 0 saturated carbocycles. The highest BCUT2D eigenvalue weighted by Gasteiger charge is 2.34. The van der Waals surface area contributed by atoms with Crippen LogP contribution in [0.25, 0.3) is 0 Å². The highest BCUT2D eigenvalue weighted by Crippen LogP contribution is 2.24. The fourth-order valence-electron chi connectivity index (χ4n) is 3.90. The summed E-state index contributed by atoms with van der Waals surface area (Å²) in [7, 11) is 3.33. The molecule has 1 aliphatic rings. The van der Waals surface area contributed by atoms with Crippen molar-refractivity contribution in [1.82, 2.24) is 20.4 Å². The topological polar surface area (TPSA) is 52.1 Å². The number of ether oxygens (including phenoxy) is 1. The lowest BCUT2D eigenvalue weighted by Gasteiger charge is -2.31. The maximum atomic E-state index is 12.6. The second kappa shape index (κ2) is 13.3. The maximum Gasteiger partial charge on any atom is 0.401 e. The van der Waals surface area contributed by atoms with E-state index in [1.165, 1.54) is 4.90 Å². The summed E-state index contributed by atoms with van der Waals surface area (Å²) in [6.45, 7) is 6.57. The monoisotopic (exact) mass is 557 g/mol. The van der Waals surface area contributed by atoms with Crippen LogP contribution in [0.15, 0.2) is 29.3 Å². The van der Waals surface area contributed by atoms with Crippen LogP contribution in [0.2, 0.25) is 0 Å². The van der Waals surface area contributed by atoms with Crippen LogP contribution < -0.4 is 15.4 Å². The molecule has 0 radical (unpaired) electrons. The number of likely N-dealkylation sites (N-methyl/N-ethyl adjacent to an activating group) is 1. The van der Waals surface area contributed by atoms with E-state index in [4.69, 9.17) is 4.74 Å². The van der Waals surface area contributed by atoms with Crippen molar-refractivity contribution in [3.05, 3.63) is 29.8 Å². The number of guanidine groups is 1. The lowest BCUT2D eigenvalue weighted by molar-refractivity contribution is -0.143. The number of aliphatic imine (C=N–C) groups is 1. The van der Waals surface area contributed by atoms with Gasteiger partial charge >= 0.3 is 6.18 Å². The molecule has 10 heteroatoms. The molecule has 1 aliphatic heterocycles. The Balaban J connectivity index is 0.00000480. The molecule has 2 N–H and O–H groups in total. The summed E-state index contributed by atoms with van der Waals surface area (Å²) in [4.78, 5) is 8.05. The van der Waals surface area contributed by atoms with Crippen molar-refractivity contribution in [1.29, 1.82) is 0 Å². The number of benzene rings is 1. The SMILES string of the molecule is CCN(CC)C(CNC(=NC)NC1CCN(CC(F)(F)F)C1)c1cccc(OC)c1.I. The number of nitrogens with zero attached hydrogens (tertiary/aromatic N) is 3. The lowest BCUT2D eigenvalue weighted by Crippen LogP contribution is -2.47. The molecular formula is C21H35F3IN5O. The summed E-state index contributed by atoms with van der Waals surface area (Å²) in [6.07, 6.45) is -3.51. The zero-order chi connectivity index (χ0) is 22.1. The molecule has 0 aliphatic carbocycles. The van der Waals surface area contributed by atoms with Crippen LogP contribution >= 0.6 is 24.0 Å². The van der Waals surface area contributed by atoms with Crippen LogP contribution in [-0.2, 0) is 0 Å². The van der Waals surface area contributed by atoms with Crippen molar-refractivity contribution in [3.8, 4) is 5.75 Å². The number of hydrogen-bond donors (Lipinski definition) is 2. The van der Waals surface area contributed by atoms with Gasteiger partial charge in [-0.05, 0) is 37.2 Å². The van der Waals surface area contributed by atoms with E-state index in [2.05, 4.69) is 40.4 Å². The Morgan fingerprint density at radius 1 is 1.32 bits per heavy atom. The Morgan fingerprint density at radius 2 is 2.03 bits per heavy atom. The lowest BCUT2D eigenvalue weighted by atomic mass is 10.0. The van der Waals surface area contributed by atoms with Gasteiger partial charge in [-0.1, -0.05) is 26.0 Å². The molecule has 31 heavy (non-hydrogen) atoms. The van der Waals surface area contributed by atoms with Gasteiger partial charge in [0.2, 0.25) is 0 Å². The molecule has 1 aromatic carbocycles. The number of alkyl halides is 3. The van der Waals surface area contributed by atoms with Crippen molar-refractivity contribution in [2.24, 2.45) is 4.99 Å². The predicted molar refractivity (Wildman–Crippen MR) is 129 cm³/mol. The summed E-state index contributed by atoms with van der Waals surface area (Å²) in [5.41, 5.74) is 1.14. The van der Waals surface area contributed by atoms with Gasteiger partial charge < -0.3 is 15.4 Å². The first kappa shape index (κ1) is 27.8. The third-order valence-electron chi connectivity index (χ3n) is 5.43. The molecule has 1 aromatic rings. The van der Waals surface area contributed by atoms with E-state index in [9.17, 15) is 13.2 Å². The van der Waals surface area contributed by atoms with Crippen molar-refractivity contribution < 1.29 is 17.9 Å². The van der Waals surface area contributed by atoms with Crippen molar-refractivity contribution in [3.63, 3.8) is 0 Å². The molecule has 1 saturated heterocycles. The van der Waals surface area contributed by atoms with Crippen molar-refractivity contribution in [2.45, 2.75) is 38.5 Å². The average Bonchev–Trinajstić information content (AvgIpc) is 3.15. The summed E-state index contributed by atoms with van der Waals surface area (Å²) in [5.74, 6) is 1.41. The molecule has 178 valence electrons. The Labute approximate surface area is 200 Å². The van der Waals surface area contributed by atoms with Gasteiger partial charge in [0, 0.05) is 32.7 Å². The number of methoxy groups -OCH3 is 1.